The fraction of sp³-hybridized carbons (Fsp3) is 0.0833. The maximum absolute atomic E-state index is 5.83. The summed E-state index contributed by atoms with van der Waals surface area (Å²) < 4.78 is 0. The number of nitrogens with one attached hydrogen (secondary N) is 1. The summed E-state index contributed by atoms with van der Waals surface area (Å²) in [5.74, 6) is 1.13. The Kier molecular flexibility index (Phi) is 2.22. The summed E-state index contributed by atoms with van der Waals surface area (Å²) in [6.45, 7) is 0. The third-order valence-corrected chi connectivity index (χ3v) is 2.56. The molecule has 0 aliphatic rings. The fourth-order valence-corrected chi connectivity index (χ4v) is 1.76. The zero-order chi connectivity index (χ0) is 11.7. The van der Waals surface area contributed by atoms with E-state index in [1.807, 2.05) is 30.3 Å². The topological polar surface area (TPSA) is 80.5 Å². The Balaban J connectivity index is 2.01. The van der Waals surface area contributed by atoms with Crippen LogP contribution in [0.4, 0.5) is 5.82 Å². The van der Waals surface area contributed by atoms with E-state index in [1.165, 1.54) is 0 Å². The van der Waals surface area contributed by atoms with Crippen LogP contribution in [0, 0.1) is 0 Å². The highest BCUT2D eigenvalue weighted by Crippen LogP contribution is 2.14. The first-order chi connectivity index (χ1) is 8.33. The lowest BCUT2D eigenvalue weighted by Crippen LogP contribution is -2.01. The van der Waals surface area contributed by atoms with Gasteiger partial charge < -0.3 is 10.7 Å². The molecule has 3 aromatic rings. The van der Waals surface area contributed by atoms with Gasteiger partial charge in [-0.15, -0.1) is 0 Å². The van der Waals surface area contributed by atoms with Crippen molar-refractivity contribution < 1.29 is 0 Å². The van der Waals surface area contributed by atoms with Gasteiger partial charge in [-0.1, -0.05) is 30.3 Å². The summed E-state index contributed by atoms with van der Waals surface area (Å²) in [7, 11) is 0. The van der Waals surface area contributed by atoms with Crippen LogP contribution in [-0.2, 0) is 6.42 Å². The highest BCUT2D eigenvalue weighted by Gasteiger charge is 2.07. The minimum Gasteiger partial charge on any atom is -0.382 e. The van der Waals surface area contributed by atoms with Crippen molar-refractivity contribution in [2.45, 2.75) is 6.42 Å². The van der Waals surface area contributed by atoms with E-state index in [1.54, 1.807) is 6.33 Å². The van der Waals surface area contributed by atoms with Gasteiger partial charge in [0, 0.05) is 6.42 Å². The summed E-state index contributed by atoms with van der Waals surface area (Å²) >= 11 is 0. The van der Waals surface area contributed by atoms with E-state index in [0.717, 1.165) is 5.56 Å². The summed E-state index contributed by atoms with van der Waals surface area (Å²) in [5, 5.41) is 0. The van der Waals surface area contributed by atoms with Crippen molar-refractivity contribution in [3.63, 3.8) is 0 Å². The number of aromatic nitrogens is 4. The van der Waals surface area contributed by atoms with Crippen molar-refractivity contribution in [1.82, 2.24) is 19.9 Å². The second-order valence-corrected chi connectivity index (χ2v) is 3.79. The van der Waals surface area contributed by atoms with Gasteiger partial charge in [0.2, 0.25) is 0 Å². The molecular weight excluding hydrogens is 214 g/mol. The fourth-order valence-electron chi connectivity index (χ4n) is 1.76. The van der Waals surface area contributed by atoms with Crippen LogP contribution in [0.25, 0.3) is 11.2 Å². The number of nitrogen functional groups attached to an aromatic ring is 1. The zero-order valence-electron chi connectivity index (χ0n) is 9.09. The van der Waals surface area contributed by atoms with Gasteiger partial charge in [-0.2, -0.15) is 0 Å². The molecule has 84 valence electrons. The third-order valence-electron chi connectivity index (χ3n) is 2.56. The van der Waals surface area contributed by atoms with E-state index in [-0.39, 0.29) is 0 Å². The lowest BCUT2D eigenvalue weighted by Gasteiger charge is -2.02. The number of benzene rings is 1. The van der Waals surface area contributed by atoms with Crippen LogP contribution in [0.2, 0.25) is 0 Å². The molecular formula is C12H11N5. The summed E-state index contributed by atoms with van der Waals surface area (Å²) in [5.41, 5.74) is 8.30. The van der Waals surface area contributed by atoms with E-state index >= 15 is 0 Å². The Morgan fingerprint density at radius 1 is 1.12 bits per heavy atom. The van der Waals surface area contributed by atoms with Gasteiger partial charge in [0.05, 0.1) is 6.33 Å². The standard InChI is InChI=1S/C12H11N5/c13-11-10-12(15-7-14-10)17-9(16-11)6-8-4-2-1-3-5-8/h1-5,7H,6H2,(H3,13,14,15,16,17). The quantitative estimate of drug-likeness (QED) is 0.693. The number of hydrogen-bond donors (Lipinski definition) is 2. The van der Waals surface area contributed by atoms with Gasteiger partial charge in [-0.25, -0.2) is 15.0 Å². The molecule has 0 spiro atoms. The Bertz CT molecular complexity index is 644. The molecule has 0 saturated carbocycles. The van der Waals surface area contributed by atoms with E-state index in [9.17, 15) is 0 Å². The second-order valence-electron chi connectivity index (χ2n) is 3.79. The molecule has 5 heteroatoms. The monoisotopic (exact) mass is 225 g/mol. The van der Waals surface area contributed by atoms with E-state index in [4.69, 9.17) is 5.73 Å². The molecule has 0 atom stereocenters. The number of fused-ring (bicyclic) bond motifs is 1. The Morgan fingerprint density at radius 3 is 2.76 bits per heavy atom. The van der Waals surface area contributed by atoms with Crippen molar-refractivity contribution in [2.24, 2.45) is 0 Å². The number of anilines is 1. The Hall–Kier alpha value is -2.43. The molecule has 1 aromatic carbocycles. The number of H-pyrrole nitrogens is 1. The predicted molar refractivity (Wildman–Crippen MR) is 65.3 cm³/mol. The van der Waals surface area contributed by atoms with Crippen molar-refractivity contribution in [3.8, 4) is 0 Å². The molecule has 3 N–H and O–H groups in total. The second kappa shape index (κ2) is 3.86. The molecule has 0 saturated heterocycles. The largest absolute Gasteiger partial charge is 0.382 e. The molecule has 0 fully saturated rings. The highest BCUT2D eigenvalue weighted by atomic mass is 15.0. The van der Waals surface area contributed by atoms with Gasteiger partial charge in [-0.05, 0) is 5.56 Å². The van der Waals surface area contributed by atoms with Gasteiger partial charge in [0.15, 0.2) is 11.5 Å². The Labute approximate surface area is 97.7 Å². The minimum atomic E-state index is 0.443. The van der Waals surface area contributed by atoms with Gasteiger partial charge in [0.25, 0.3) is 0 Å². The maximum Gasteiger partial charge on any atom is 0.183 e. The molecule has 0 aliphatic carbocycles. The van der Waals surface area contributed by atoms with Crippen LogP contribution in [0.1, 0.15) is 11.4 Å². The van der Waals surface area contributed by atoms with Crippen LogP contribution in [-0.4, -0.2) is 19.9 Å². The number of hydrogen-bond acceptors (Lipinski definition) is 4. The van der Waals surface area contributed by atoms with E-state index < -0.39 is 0 Å². The average Bonchev–Trinajstić information content (AvgIpc) is 2.79. The minimum absolute atomic E-state index is 0.443. The van der Waals surface area contributed by atoms with E-state index in [0.29, 0.717) is 29.2 Å². The highest BCUT2D eigenvalue weighted by molar-refractivity contribution is 5.80. The van der Waals surface area contributed by atoms with Crippen molar-refractivity contribution in [1.29, 1.82) is 0 Å². The van der Waals surface area contributed by atoms with Gasteiger partial charge in [0.1, 0.15) is 11.3 Å². The maximum atomic E-state index is 5.83. The number of nitrogens with zero attached hydrogens (tertiary/aromatic N) is 3. The molecule has 0 amide bonds. The summed E-state index contributed by atoms with van der Waals surface area (Å²) in [4.78, 5) is 15.6. The van der Waals surface area contributed by atoms with Gasteiger partial charge in [-0.3, -0.25) is 0 Å². The van der Waals surface area contributed by atoms with Crippen LogP contribution in [0.3, 0.4) is 0 Å². The number of aromatic amines is 1. The molecule has 0 unspecified atom stereocenters. The molecule has 5 nitrogen and oxygen atoms in total. The summed E-state index contributed by atoms with van der Waals surface area (Å²) in [6.07, 6.45) is 2.23. The molecule has 3 rings (SSSR count). The van der Waals surface area contributed by atoms with Crippen molar-refractivity contribution >= 4 is 17.0 Å². The molecule has 0 bridgehead atoms. The van der Waals surface area contributed by atoms with E-state index in [2.05, 4.69) is 19.9 Å². The molecule has 0 radical (unpaired) electrons. The Morgan fingerprint density at radius 2 is 1.94 bits per heavy atom. The molecule has 2 aromatic heterocycles. The molecule has 0 aliphatic heterocycles. The number of nitrogens with two attached hydrogens (primary N) is 1. The van der Waals surface area contributed by atoms with Crippen molar-refractivity contribution in [2.75, 3.05) is 5.73 Å². The molecule has 17 heavy (non-hydrogen) atoms. The lowest BCUT2D eigenvalue weighted by atomic mass is 10.1. The van der Waals surface area contributed by atoms with Crippen LogP contribution < -0.4 is 5.73 Å². The average molecular weight is 225 g/mol. The zero-order valence-corrected chi connectivity index (χ0v) is 9.09. The van der Waals surface area contributed by atoms with Crippen LogP contribution in [0.15, 0.2) is 36.7 Å². The smallest absolute Gasteiger partial charge is 0.183 e. The van der Waals surface area contributed by atoms with Gasteiger partial charge >= 0.3 is 0 Å². The first kappa shape index (κ1) is 9.77. The molecule has 2 heterocycles. The van der Waals surface area contributed by atoms with Crippen molar-refractivity contribution in [3.05, 3.63) is 48.0 Å². The normalized spacial score (nSPS) is 10.8. The predicted octanol–water partition coefficient (Wildman–Crippen LogP) is 1.53. The van der Waals surface area contributed by atoms with Crippen LogP contribution >= 0.6 is 0 Å². The SMILES string of the molecule is Nc1nc(Cc2ccccc2)nc2nc[nH]c12. The number of rotatable bonds is 2. The van der Waals surface area contributed by atoms with Crippen LogP contribution in [0.5, 0.6) is 0 Å². The third kappa shape index (κ3) is 1.82. The first-order valence-corrected chi connectivity index (χ1v) is 5.32. The number of imidazole rings is 1. The lowest BCUT2D eigenvalue weighted by molar-refractivity contribution is 0.991. The first-order valence-electron chi connectivity index (χ1n) is 5.32. The summed E-state index contributed by atoms with van der Waals surface area (Å²) in [6, 6.07) is 10.0.